The first-order valence-corrected chi connectivity index (χ1v) is 9.20. The summed E-state index contributed by atoms with van der Waals surface area (Å²) < 4.78 is 5.39. The van der Waals surface area contributed by atoms with E-state index < -0.39 is 0 Å². The summed E-state index contributed by atoms with van der Waals surface area (Å²) in [5.41, 5.74) is 1.02. The Balaban J connectivity index is 1.93. The van der Waals surface area contributed by atoms with Gasteiger partial charge in [0.05, 0.1) is 6.10 Å². The van der Waals surface area contributed by atoms with Crippen LogP contribution in [0.4, 0.5) is 0 Å². The summed E-state index contributed by atoms with van der Waals surface area (Å²) in [6.07, 6.45) is 13.9. The maximum Gasteiger partial charge on any atom is 0.119 e. The van der Waals surface area contributed by atoms with Crippen LogP contribution in [0.15, 0.2) is 18.2 Å². The highest BCUT2D eigenvalue weighted by atomic mass is 16.5. The Morgan fingerprint density at radius 1 is 0.826 bits per heavy atom. The molecule has 23 heavy (non-hydrogen) atoms. The van der Waals surface area contributed by atoms with Crippen LogP contribution in [0.5, 0.6) is 11.5 Å². The summed E-state index contributed by atoms with van der Waals surface area (Å²) in [5, 5.41) is 18.9. The van der Waals surface area contributed by atoms with Crippen molar-refractivity contribution in [3.63, 3.8) is 0 Å². The van der Waals surface area contributed by atoms with E-state index in [4.69, 9.17) is 4.74 Å². The van der Waals surface area contributed by atoms with Gasteiger partial charge in [0.1, 0.15) is 11.5 Å². The molecule has 132 valence electrons. The standard InChI is InChI=1S/C20H34O3/c1-3-20(23-2)13-11-9-7-5-4-6-8-10-12-17-14-18(21)16-19(22)15-17/h14-16,20-22H,3-13H2,1-2H3/t20-/m0/s1. The van der Waals surface area contributed by atoms with E-state index in [1.807, 2.05) is 7.11 Å². The minimum absolute atomic E-state index is 0.152. The molecule has 0 heterocycles. The predicted octanol–water partition coefficient (Wildman–Crippen LogP) is 5.58. The molecule has 0 bridgehead atoms. The van der Waals surface area contributed by atoms with Gasteiger partial charge in [-0.3, -0.25) is 0 Å². The monoisotopic (exact) mass is 322 g/mol. The van der Waals surface area contributed by atoms with Crippen molar-refractivity contribution in [2.24, 2.45) is 0 Å². The van der Waals surface area contributed by atoms with Gasteiger partial charge >= 0.3 is 0 Å². The van der Waals surface area contributed by atoms with Crippen molar-refractivity contribution in [3.8, 4) is 11.5 Å². The predicted molar refractivity (Wildman–Crippen MR) is 96.1 cm³/mol. The normalized spacial score (nSPS) is 12.4. The molecule has 0 radical (unpaired) electrons. The summed E-state index contributed by atoms with van der Waals surface area (Å²) in [6, 6.07) is 4.85. The summed E-state index contributed by atoms with van der Waals surface area (Å²) >= 11 is 0. The molecule has 2 N–H and O–H groups in total. The minimum atomic E-state index is 0.152. The van der Waals surface area contributed by atoms with Crippen LogP contribution in [0.25, 0.3) is 0 Å². The Kier molecular flexibility index (Phi) is 10.5. The molecule has 0 spiro atoms. The number of aromatic hydroxyl groups is 2. The zero-order valence-corrected chi connectivity index (χ0v) is 14.9. The number of phenolic OH excluding ortho intramolecular Hbond substituents is 2. The first-order chi connectivity index (χ1) is 11.2. The summed E-state index contributed by atoms with van der Waals surface area (Å²) in [6.45, 7) is 2.19. The molecule has 0 saturated heterocycles. The van der Waals surface area contributed by atoms with Crippen LogP contribution in [-0.2, 0) is 11.2 Å². The number of methoxy groups -OCH3 is 1. The van der Waals surface area contributed by atoms with Crippen LogP contribution in [0.2, 0.25) is 0 Å². The van der Waals surface area contributed by atoms with Crippen LogP contribution in [0.1, 0.15) is 76.7 Å². The van der Waals surface area contributed by atoms with E-state index in [0.717, 1.165) is 24.8 Å². The van der Waals surface area contributed by atoms with E-state index in [0.29, 0.717) is 6.10 Å². The van der Waals surface area contributed by atoms with E-state index in [-0.39, 0.29) is 11.5 Å². The van der Waals surface area contributed by atoms with Crippen molar-refractivity contribution in [2.45, 2.75) is 83.7 Å². The lowest BCUT2D eigenvalue weighted by Gasteiger charge is -2.12. The first-order valence-electron chi connectivity index (χ1n) is 9.20. The molecule has 0 amide bonds. The zero-order valence-electron chi connectivity index (χ0n) is 14.9. The third-order valence-corrected chi connectivity index (χ3v) is 4.49. The van der Waals surface area contributed by atoms with Gasteiger partial charge in [-0.25, -0.2) is 0 Å². The fourth-order valence-corrected chi connectivity index (χ4v) is 3.05. The summed E-state index contributed by atoms with van der Waals surface area (Å²) in [5.74, 6) is 0.303. The lowest BCUT2D eigenvalue weighted by Crippen LogP contribution is -2.08. The number of benzene rings is 1. The smallest absolute Gasteiger partial charge is 0.119 e. The van der Waals surface area contributed by atoms with Gasteiger partial charge in [0.25, 0.3) is 0 Å². The highest BCUT2D eigenvalue weighted by Crippen LogP contribution is 2.22. The number of phenols is 2. The minimum Gasteiger partial charge on any atom is -0.508 e. The largest absolute Gasteiger partial charge is 0.508 e. The van der Waals surface area contributed by atoms with E-state index in [1.54, 1.807) is 12.1 Å². The molecule has 0 fully saturated rings. The van der Waals surface area contributed by atoms with Crippen molar-refractivity contribution < 1.29 is 14.9 Å². The van der Waals surface area contributed by atoms with Gasteiger partial charge in [-0.1, -0.05) is 51.9 Å². The van der Waals surface area contributed by atoms with E-state index in [1.165, 1.54) is 57.4 Å². The molecule has 1 atom stereocenters. The van der Waals surface area contributed by atoms with Gasteiger partial charge in [0.15, 0.2) is 0 Å². The second-order valence-electron chi connectivity index (χ2n) is 6.49. The Morgan fingerprint density at radius 2 is 1.35 bits per heavy atom. The second-order valence-corrected chi connectivity index (χ2v) is 6.49. The van der Waals surface area contributed by atoms with E-state index in [9.17, 15) is 10.2 Å². The van der Waals surface area contributed by atoms with Gasteiger partial charge in [-0.05, 0) is 43.4 Å². The number of ether oxygens (including phenoxy) is 1. The molecule has 1 rings (SSSR count). The average molecular weight is 322 g/mol. The van der Waals surface area contributed by atoms with Crippen LogP contribution in [-0.4, -0.2) is 23.4 Å². The van der Waals surface area contributed by atoms with Gasteiger partial charge in [0, 0.05) is 13.2 Å². The Morgan fingerprint density at radius 3 is 1.87 bits per heavy atom. The first kappa shape index (κ1) is 19.8. The second kappa shape index (κ2) is 12.2. The Bertz CT molecular complexity index is 393. The Labute approximate surface area is 141 Å². The van der Waals surface area contributed by atoms with Gasteiger partial charge < -0.3 is 14.9 Å². The fraction of sp³-hybridized carbons (Fsp3) is 0.700. The van der Waals surface area contributed by atoms with Gasteiger partial charge in [0.2, 0.25) is 0 Å². The van der Waals surface area contributed by atoms with Crippen LogP contribution < -0.4 is 0 Å². The highest BCUT2D eigenvalue weighted by Gasteiger charge is 2.03. The number of rotatable bonds is 13. The van der Waals surface area contributed by atoms with Crippen molar-refractivity contribution in [1.82, 2.24) is 0 Å². The third-order valence-electron chi connectivity index (χ3n) is 4.49. The lowest BCUT2D eigenvalue weighted by molar-refractivity contribution is 0.0897. The molecular formula is C20H34O3. The maximum absolute atomic E-state index is 9.44. The quantitative estimate of drug-likeness (QED) is 0.466. The van der Waals surface area contributed by atoms with E-state index >= 15 is 0 Å². The van der Waals surface area contributed by atoms with Crippen molar-refractivity contribution in [1.29, 1.82) is 0 Å². The van der Waals surface area contributed by atoms with Crippen LogP contribution in [0.3, 0.4) is 0 Å². The number of unbranched alkanes of at least 4 members (excludes halogenated alkanes) is 7. The Hall–Kier alpha value is -1.22. The zero-order chi connectivity index (χ0) is 16.9. The van der Waals surface area contributed by atoms with Gasteiger partial charge in [-0.15, -0.1) is 0 Å². The molecule has 3 heteroatoms. The third kappa shape index (κ3) is 9.50. The molecule has 1 aromatic rings. The molecule has 3 nitrogen and oxygen atoms in total. The van der Waals surface area contributed by atoms with Crippen molar-refractivity contribution in [2.75, 3.05) is 7.11 Å². The average Bonchev–Trinajstić information content (AvgIpc) is 2.52. The topological polar surface area (TPSA) is 49.7 Å². The highest BCUT2D eigenvalue weighted by molar-refractivity contribution is 5.36. The molecule has 1 aromatic carbocycles. The fourth-order valence-electron chi connectivity index (χ4n) is 3.05. The molecule has 0 aliphatic heterocycles. The summed E-state index contributed by atoms with van der Waals surface area (Å²) in [4.78, 5) is 0. The molecule has 0 aliphatic rings. The van der Waals surface area contributed by atoms with Crippen molar-refractivity contribution in [3.05, 3.63) is 23.8 Å². The van der Waals surface area contributed by atoms with E-state index in [2.05, 4.69) is 6.92 Å². The molecular weight excluding hydrogens is 288 g/mol. The van der Waals surface area contributed by atoms with Gasteiger partial charge in [-0.2, -0.15) is 0 Å². The SMILES string of the molecule is CC[C@@H](CCCCCCCCCCc1cc(O)cc(O)c1)OC. The lowest BCUT2D eigenvalue weighted by atomic mass is 10.0. The number of hydrogen-bond donors (Lipinski definition) is 2. The molecule has 0 aliphatic carbocycles. The number of hydrogen-bond acceptors (Lipinski definition) is 3. The maximum atomic E-state index is 9.44. The molecule has 0 aromatic heterocycles. The molecule has 0 unspecified atom stereocenters. The number of aryl methyl sites for hydroxylation is 1. The van der Waals surface area contributed by atoms with Crippen LogP contribution >= 0.6 is 0 Å². The summed E-state index contributed by atoms with van der Waals surface area (Å²) in [7, 11) is 1.81. The molecule has 0 saturated carbocycles. The van der Waals surface area contributed by atoms with Crippen LogP contribution in [0, 0.1) is 0 Å². The van der Waals surface area contributed by atoms with Crippen molar-refractivity contribution >= 4 is 0 Å².